The Morgan fingerprint density at radius 3 is 1.85 bits per heavy atom. The van der Waals surface area contributed by atoms with Gasteiger partial charge in [0.15, 0.2) is 0 Å². The summed E-state index contributed by atoms with van der Waals surface area (Å²) in [4.78, 5) is 0. The first-order valence-electron chi connectivity index (χ1n) is 3.16. The van der Waals surface area contributed by atoms with E-state index in [0.717, 1.165) is 12.0 Å². The van der Waals surface area contributed by atoms with Gasteiger partial charge in [-0.25, -0.2) is 5.26 Å². The van der Waals surface area contributed by atoms with E-state index in [2.05, 4.69) is 4.33 Å². The summed E-state index contributed by atoms with van der Waals surface area (Å²) in [5.41, 5.74) is 12.2. The average molecular weight is 277 g/mol. The summed E-state index contributed by atoms with van der Waals surface area (Å²) in [7, 11) is 0. The van der Waals surface area contributed by atoms with Gasteiger partial charge < -0.3 is 11.5 Å². The molecule has 1 radical (unpaired) electrons. The Kier molecular flexibility index (Phi) is 12.4. The molecule has 0 unspecified atom stereocenters. The van der Waals surface area contributed by atoms with Crippen molar-refractivity contribution >= 4 is 23.4 Å². The fourth-order valence-electron chi connectivity index (χ4n) is 0.559. The van der Waals surface area contributed by atoms with Gasteiger partial charge in [-0.1, -0.05) is 6.07 Å². The molecule has 0 fully saturated rings. The van der Waals surface area contributed by atoms with E-state index < -0.39 is 0 Å². The molecule has 0 saturated heterocycles. The van der Waals surface area contributed by atoms with E-state index in [-0.39, 0.29) is 32.7 Å². The zero-order chi connectivity index (χ0) is 9.40. The molecule has 1 aromatic rings. The second kappa shape index (κ2) is 10.3. The molecule has 0 bridgehead atoms. The number of hydrogen-bond donors (Lipinski definition) is 3. The predicted molar refractivity (Wildman–Crippen MR) is 52.5 cm³/mol. The van der Waals surface area contributed by atoms with Crippen molar-refractivity contribution in [1.29, 1.82) is 0 Å². The molecule has 4 nitrogen and oxygen atoms in total. The first-order chi connectivity index (χ1) is 5.70. The molecule has 0 heterocycles. The summed E-state index contributed by atoms with van der Waals surface area (Å²) in [6, 6.07) is 7.15. The zero-order valence-electron chi connectivity index (χ0n) is 7.31. The van der Waals surface area contributed by atoms with Gasteiger partial charge in [0.2, 0.25) is 0 Å². The molecular formula is C7H12N2O2SY. The molecule has 0 amide bonds. The number of benzene rings is 1. The number of nitrogens with two attached hydrogens (primary N) is 2. The van der Waals surface area contributed by atoms with E-state index in [0.29, 0.717) is 11.4 Å². The zero-order valence-corrected chi connectivity index (χ0v) is 11.0. The van der Waals surface area contributed by atoms with Crippen LogP contribution in [0.3, 0.4) is 0 Å². The molecule has 0 spiro atoms. The molecule has 1 aromatic carbocycles. The fraction of sp³-hybridized carbons (Fsp3) is 0.143. The summed E-state index contributed by atoms with van der Waals surface area (Å²) in [5.74, 6) is 0. The van der Waals surface area contributed by atoms with Crippen LogP contribution in [0, 0.1) is 0 Å². The molecule has 5 N–H and O–H groups in total. The van der Waals surface area contributed by atoms with Crippen LogP contribution in [-0.2, 0) is 37.0 Å². The minimum Gasteiger partial charge on any atom is -0.399 e. The van der Waals surface area contributed by atoms with Gasteiger partial charge in [-0.15, -0.1) is 0 Å². The molecular weight excluding hydrogens is 265 g/mol. The van der Waals surface area contributed by atoms with Gasteiger partial charge >= 0.3 is 0 Å². The largest absolute Gasteiger partial charge is 0.399 e. The van der Waals surface area contributed by atoms with Crippen molar-refractivity contribution in [3.63, 3.8) is 0 Å². The topological polar surface area (TPSA) is 81.5 Å². The molecule has 0 aliphatic heterocycles. The summed E-state index contributed by atoms with van der Waals surface area (Å²) in [6.45, 7) is 0. The van der Waals surface area contributed by atoms with Crippen LogP contribution in [0.1, 0.15) is 0 Å². The van der Waals surface area contributed by atoms with Crippen molar-refractivity contribution in [2.45, 2.75) is 0 Å². The van der Waals surface area contributed by atoms with Gasteiger partial charge in [-0.2, -0.15) is 4.33 Å². The van der Waals surface area contributed by atoms with Crippen LogP contribution in [-0.4, -0.2) is 11.5 Å². The van der Waals surface area contributed by atoms with Crippen LogP contribution < -0.4 is 11.5 Å². The summed E-state index contributed by atoms with van der Waals surface area (Å²) in [5, 5.41) is 7.34. The quantitative estimate of drug-likeness (QED) is 0.314. The molecule has 71 valence electrons. The smallest absolute Gasteiger partial charge is 0.0334 e. The number of nitrogen functional groups attached to an aromatic ring is 2. The first-order valence-corrected chi connectivity index (χ1v) is 4.31. The molecule has 0 aromatic heterocycles. The average Bonchev–Trinajstić information content (AvgIpc) is 2.04. The predicted octanol–water partition coefficient (Wildman–Crippen LogP) is 1.60. The third-order valence-electron chi connectivity index (χ3n) is 0.985. The fourth-order valence-corrected chi connectivity index (χ4v) is 0.559. The SMILES string of the molecule is CSOO.Nc1cccc(N)c1.[Y]. The molecule has 1 rings (SSSR count). The maximum atomic E-state index is 7.34. The minimum atomic E-state index is 0. The number of rotatable bonds is 1. The van der Waals surface area contributed by atoms with Gasteiger partial charge in [0.05, 0.1) is 0 Å². The maximum absolute atomic E-state index is 7.34. The second-order valence-electron chi connectivity index (χ2n) is 1.91. The van der Waals surface area contributed by atoms with E-state index in [1.165, 1.54) is 0 Å². The number of hydrogen-bond acceptors (Lipinski definition) is 5. The summed E-state index contributed by atoms with van der Waals surface area (Å²) < 4.78 is 3.46. The Balaban J connectivity index is 0. The van der Waals surface area contributed by atoms with Gasteiger partial charge in [0.1, 0.15) is 0 Å². The van der Waals surface area contributed by atoms with Gasteiger partial charge in [0.25, 0.3) is 0 Å². The van der Waals surface area contributed by atoms with Crippen LogP contribution in [0.4, 0.5) is 11.4 Å². The molecule has 0 atom stereocenters. The Hall–Kier alpha value is 0.194. The Morgan fingerprint density at radius 1 is 1.31 bits per heavy atom. The van der Waals surface area contributed by atoms with Crippen LogP contribution in [0.2, 0.25) is 0 Å². The van der Waals surface area contributed by atoms with Crippen LogP contribution in [0.15, 0.2) is 24.3 Å². The minimum absolute atomic E-state index is 0. The third kappa shape index (κ3) is 10.1. The third-order valence-corrected chi connectivity index (χ3v) is 1.13. The van der Waals surface area contributed by atoms with Crippen molar-refractivity contribution in [1.82, 2.24) is 0 Å². The van der Waals surface area contributed by atoms with Gasteiger partial charge in [0, 0.05) is 62.4 Å². The van der Waals surface area contributed by atoms with Crippen molar-refractivity contribution < 1.29 is 42.3 Å². The molecule has 0 saturated carbocycles. The molecule has 6 heteroatoms. The second-order valence-corrected chi connectivity index (χ2v) is 2.39. The normalized spacial score (nSPS) is 7.85. The Morgan fingerprint density at radius 2 is 1.69 bits per heavy atom. The van der Waals surface area contributed by atoms with E-state index >= 15 is 0 Å². The monoisotopic (exact) mass is 277 g/mol. The van der Waals surface area contributed by atoms with Gasteiger partial charge in [-0.05, 0) is 18.2 Å². The van der Waals surface area contributed by atoms with Gasteiger partial charge in [-0.3, -0.25) is 0 Å². The summed E-state index contributed by atoms with van der Waals surface area (Å²) >= 11 is 0.912. The molecule has 0 aliphatic rings. The van der Waals surface area contributed by atoms with E-state index in [1.54, 1.807) is 24.5 Å². The first kappa shape index (κ1) is 15.7. The molecule has 0 aliphatic carbocycles. The van der Waals surface area contributed by atoms with E-state index in [4.69, 9.17) is 16.7 Å². The van der Waals surface area contributed by atoms with Crippen LogP contribution in [0.25, 0.3) is 0 Å². The standard InChI is InChI=1S/C6H8N2.CH4O2S.Y/c7-5-2-1-3-6(8)4-5;1-4-3-2;/h1-4H,7-8H2;2H,1H3;. The molecule has 13 heavy (non-hydrogen) atoms. The van der Waals surface area contributed by atoms with E-state index in [9.17, 15) is 0 Å². The van der Waals surface area contributed by atoms with Crippen LogP contribution >= 0.6 is 12.0 Å². The van der Waals surface area contributed by atoms with Crippen LogP contribution in [0.5, 0.6) is 0 Å². The Labute approximate surface area is 107 Å². The van der Waals surface area contributed by atoms with Crippen molar-refractivity contribution in [3.05, 3.63) is 24.3 Å². The summed E-state index contributed by atoms with van der Waals surface area (Å²) in [6.07, 6.45) is 1.62. The maximum Gasteiger partial charge on any atom is 0.0334 e. The van der Waals surface area contributed by atoms with Crippen molar-refractivity contribution in [2.24, 2.45) is 0 Å². The van der Waals surface area contributed by atoms with Crippen molar-refractivity contribution in [3.8, 4) is 0 Å². The van der Waals surface area contributed by atoms with E-state index in [1.807, 2.05) is 6.07 Å². The number of anilines is 2. The van der Waals surface area contributed by atoms with Crippen molar-refractivity contribution in [2.75, 3.05) is 17.7 Å². The Bertz CT molecular complexity index is 206.